The zero-order valence-electron chi connectivity index (χ0n) is 7.93. The number of halogens is 2. The number of ether oxygens (including phenoxy) is 1. The molecule has 0 atom stereocenters. The van der Waals surface area contributed by atoms with Crippen molar-refractivity contribution in [2.45, 2.75) is 13.8 Å². The monoisotopic (exact) mass is 276 g/mol. The normalized spacial score (nSPS) is 10.0. The number of rotatable bonds is 3. The number of ketones is 1. The molecule has 4 heteroatoms. The maximum atomic E-state index is 11.3. The quantitative estimate of drug-likeness (QED) is 0.787. The number of Topliss-reactive ketones (excluding diaryl/α,β-unsaturated/α-hetero) is 1. The number of carbonyl (C=O) groups is 1. The summed E-state index contributed by atoms with van der Waals surface area (Å²) in [6, 6.07) is 3.50. The van der Waals surface area contributed by atoms with Crippen molar-refractivity contribution in [3.05, 3.63) is 27.2 Å². The van der Waals surface area contributed by atoms with Gasteiger partial charge in [0.2, 0.25) is 0 Å². The topological polar surface area (TPSA) is 26.3 Å². The molecule has 0 aliphatic carbocycles. The van der Waals surface area contributed by atoms with Gasteiger partial charge in [-0.1, -0.05) is 11.6 Å². The summed E-state index contributed by atoms with van der Waals surface area (Å²) < 4.78 is 5.97. The Morgan fingerprint density at radius 1 is 1.57 bits per heavy atom. The maximum Gasteiger partial charge on any atom is 0.162 e. The lowest BCUT2D eigenvalue weighted by Crippen LogP contribution is -1.99. The molecule has 0 aromatic heterocycles. The average molecular weight is 278 g/mol. The summed E-state index contributed by atoms with van der Waals surface area (Å²) in [5, 5.41) is 0.369. The van der Waals surface area contributed by atoms with Crippen molar-refractivity contribution in [2.75, 3.05) is 6.61 Å². The summed E-state index contributed by atoms with van der Waals surface area (Å²) in [5.74, 6) is 0.464. The minimum Gasteiger partial charge on any atom is -0.492 e. The van der Waals surface area contributed by atoms with Crippen molar-refractivity contribution in [3.8, 4) is 5.75 Å². The first kappa shape index (κ1) is 11.5. The van der Waals surface area contributed by atoms with E-state index >= 15 is 0 Å². The smallest absolute Gasteiger partial charge is 0.162 e. The molecule has 0 radical (unpaired) electrons. The molecule has 14 heavy (non-hydrogen) atoms. The average Bonchev–Trinajstić information content (AvgIpc) is 2.10. The van der Waals surface area contributed by atoms with Crippen LogP contribution in [0, 0.1) is 0 Å². The summed E-state index contributed by atoms with van der Waals surface area (Å²) >= 11 is 9.28. The lowest BCUT2D eigenvalue weighted by molar-refractivity contribution is 0.101. The van der Waals surface area contributed by atoms with Crippen molar-refractivity contribution in [1.82, 2.24) is 0 Å². The van der Waals surface area contributed by atoms with Crippen molar-refractivity contribution in [1.29, 1.82) is 0 Å². The molecule has 0 amide bonds. The molecule has 0 bridgehead atoms. The minimum absolute atomic E-state index is 0.0802. The van der Waals surface area contributed by atoms with Crippen LogP contribution >= 0.6 is 27.5 Å². The van der Waals surface area contributed by atoms with Crippen LogP contribution in [0.15, 0.2) is 16.6 Å². The van der Waals surface area contributed by atoms with Gasteiger partial charge in [0.05, 0.1) is 17.2 Å². The van der Waals surface area contributed by atoms with E-state index in [0.29, 0.717) is 27.4 Å². The van der Waals surface area contributed by atoms with Gasteiger partial charge in [-0.15, -0.1) is 0 Å². The van der Waals surface area contributed by atoms with Crippen molar-refractivity contribution in [3.63, 3.8) is 0 Å². The predicted molar refractivity (Wildman–Crippen MR) is 60.3 cm³/mol. The Labute approximate surface area is 96.3 Å². The van der Waals surface area contributed by atoms with Crippen LogP contribution in [-0.2, 0) is 0 Å². The summed E-state index contributed by atoms with van der Waals surface area (Å²) in [6.07, 6.45) is 0. The van der Waals surface area contributed by atoms with Gasteiger partial charge in [0.1, 0.15) is 5.75 Å². The Kier molecular flexibility index (Phi) is 3.96. The second-order valence-electron chi connectivity index (χ2n) is 2.72. The molecule has 0 aliphatic rings. The summed E-state index contributed by atoms with van der Waals surface area (Å²) in [6.45, 7) is 3.87. The fraction of sp³-hybridized carbons (Fsp3) is 0.300. The van der Waals surface area contributed by atoms with Gasteiger partial charge in [0, 0.05) is 4.47 Å². The van der Waals surface area contributed by atoms with E-state index in [0.717, 1.165) is 0 Å². The Bertz CT molecular complexity index is 363. The molecule has 2 nitrogen and oxygen atoms in total. The highest BCUT2D eigenvalue weighted by Gasteiger charge is 2.14. The van der Waals surface area contributed by atoms with Crippen LogP contribution < -0.4 is 4.74 Å². The van der Waals surface area contributed by atoms with E-state index in [-0.39, 0.29) is 5.78 Å². The van der Waals surface area contributed by atoms with Gasteiger partial charge >= 0.3 is 0 Å². The first-order valence-corrected chi connectivity index (χ1v) is 5.36. The van der Waals surface area contributed by atoms with Gasteiger partial charge in [-0.3, -0.25) is 4.79 Å². The first-order chi connectivity index (χ1) is 6.57. The van der Waals surface area contributed by atoms with Crippen molar-refractivity contribution < 1.29 is 9.53 Å². The van der Waals surface area contributed by atoms with Crippen LogP contribution in [0.5, 0.6) is 5.75 Å². The Balaban J connectivity index is 3.26. The van der Waals surface area contributed by atoms with Gasteiger partial charge in [0.25, 0.3) is 0 Å². The van der Waals surface area contributed by atoms with E-state index in [2.05, 4.69) is 15.9 Å². The van der Waals surface area contributed by atoms with E-state index in [9.17, 15) is 4.79 Å². The molecule has 1 aromatic carbocycles. The molecule has 76 valence electrons. The molecule has 0 heterocycles. The van der Waals surface area contributed by atoms with E-state index in [1.54, 1.807) is 12.1 Å². The van der Waals surface area contributed by atoms with Crippen molar-refractivity contribution in [2.24, 2.45) is 0 Å². The van der Waals surface area contributed by atoms with Crippen LogP contribution in [0.25, 0.3) is 0 Å². The number of hydrogen-bond acceptors (Lipinski definition) is 2. The SMILES string of the molecule is CCOc1ccc(Br)c(C(C)=O)c1Cl. The van der Waals surface area contributed by atoms with Crippen molar-refractivity contribution >= 4 is 33.3 Å². The number of hydrogen-bond donors (Lipinski definition) is 0. The second kappa shape index (κ2) is 4.80. The minimum atomic E-state index is -0.0802. The molecule has 0 saturated heterocycles. The van der Waals surface area contributed by atoms with E-state index in [1.165, 1.54) is 6.92 Å². The fourth-order valence-corrected chi connectivity index (χ4v) is 2.20. The highest BCUT2D eigenvalue weighted by Crippen LogP contribution is 2.33. The predicted octanol–water partition coefficient (Wildman–Crippen LogP) is 3.70. The van der Waals surface area contributed by atoms with Crippen LogP contribution in [0.2, 0.25) is 5.02 Å². The highest BCUT2D eigenvalue weighted by molar-refractivity contribution is 9.10. The molecule has 0 spiro atoms. The number of benzene rings is 1. The Morgan fingerprint density at radius 2 is 2.21 bits per heavy atom. The summed E-state index contributed by atoms with van der Waals surface area (Å²) in [4.78, 5) is 11.3. The molecule has 0 N–H and O–H groups in total. The van der Waals surface area contributed by atoms with Gasteiger partial charge in [-0.05, 0) is 41.9 Å². The lowest BCUT2D eigenvalue weighted by atomic mass is 10.1. The zero-order valence-corrected chi connectivity index (χ0v) is 10.3. The van der Waals surface area contributed by atoms with E-state index < -0.39 is 0 Å². The summed E-state index contributed by atoms with van der Waals surface area (Å²) in [7, 11) is 0. The maximum absolute atomic E-state index is 11.3. The molecule has 1 rings (SSSR count). The van der Waals surface area contributed by atoms with Gasteiger partial charge in [-0.2, -0.15) is 0 Å². The molecule has 1 aromatic rings. The Morgan fingerprint density at radius 3 is 2.71 bits per heavy atom. The third-order valence-electron chi connectivity index (χ3n) is 1.71. The zero-order chi connectivity index (χ0) is 10.7. The first-order valence-electron chi connectivity index (χ1n) is 4.19. The summed E-state index contributed by atoms with van der Waals surface area (Å²) in [5.41, 5.74) is 0.470. The lowest BCUT2D eigenvalue weighted by Gasteiger charge is -2.09. The molecule has 0 aliphatic heterocycles. The Hall–Kier alpha value is -0.540. The molecule has 0 fully saturated rings. The van der Waals surface area contributed by atoms with Crippen LogP contribution in [0.1, 0.15) is 24.2 Å². The third-order valence-corrected chi connectivity index (χ3v) is 2.74. The van der Waals surface area contributed by atoms with Crippen LogP contribution in [0.3, 0.4) is 0 Å². The molecular weight excluding hydrogens is 267 g/mol. The van der Waals surface area contributed by atoms with E-state index in [4.69, 9.17) is 16.3 Å². The number of carbonyl (C=O) groups excluding carboxylic acids is 1. The van der Waals surface area contributed by atoms with E-state index in [1.807, 2.05) is 6.92 Å². The third kappa shape index (κ3) is 2.28. The van der Waals surface area contributed by atoms with Gasteiger partial charge < -0.3 is 4.74 Å². The van der Waals surface area contributed by atoms with Gasteiger partial charge in [0.15, 0.2) is 5.78 Å². The fourth-order valence-electron chi connectivity index (χ4n) is 1.12. The largest absolute Gasteiger partial charge is 0.492 e. The van der Waals surface area contributed by atoms with Crippen LogP contribution in [-0.4, -0.2) is 12.4 Å². The standard InChI is InChI=1S/C10H10BrClO2/c1-3-14-8-5-4-7(11)9(6(2)13)10(8)12/h4-5H,3H2,1-2H3. The molecular formula is C10H10BrClO2. The molecule has 0 saturated carbocycles. The van der Waals surface area contributed by atoms with Gasteiger partial charge in [-0.25, -0.2) is 0 Å². The van der Waals surface area contributed by atoms with Crippen LogP contribution in [0.4, 0.5) is 0 Å². The highest BCUT2D eigenvalue weighted by atomic mass is 79.9. The molecule has 0 unspecified atom stereocenters. The second-order valence-corrected chi connectivity index (χ2v) is 3.96.